The summed E-state index contributed by atoms with van der Waals surface area (Å²) in [5.74, 6) is 0.410. The third-order valence-corrected chi connectivity index (χ3v) is 2.88. The highest BCUT2D eigenvalue weighted by atomic mass is 19.1. The Hall–Kier alpha value is -1.94. The smallest absolute Gasteiger partial charge is 0.145 e. The molecule has 0 aliphatic rings. The van der Waals surface area contributed by atoms with Gasteiger partial charge < -0.3 is 10.1 Å². The van der Waals surface area contributed by atoms with Crippen LogP contribution in [0.5, 0.6) is 5.75 Å². The first-order valence-electron chi connectivity index (χ1n) is 6.24. The molecule has 0 aliphatic heterocycles. The molecule has 0 amide bonds. The van der Waals surface area contributed by atoms with Crippen LogP contribution in [0.25, 0.3) is 11.3 Å². The molecule has 19 heavy (non-hydrogen) atoms. The lowest BCUT2D eigenvalue weighted by Gasteiger charge is -2.09. The van der Waals surface area contributed by atoms with Crippen molar-refractivity contribution < 1.29 is 9.13 Å². The number of rotatable bonds is 5. The lowest BCUT2D eigenvalue weighted by molar-refractivity contribution is 0.415. The molecule has 0 saturated heterocycles. The van der Waals surface area contributed by atoms with E-state index in [1.807, 2.05) is 19.1 Å². The van der Waals surface area contributed by atoms with E-state index in [4.69, 9.17) is 4.74 Å². The van der Waals surface area contributed by atoms with Gasteiger partial charge in [-0.15, -0.1) is 0 Å². The Labute approximate surface area is 112 Å². The number of nitrogens with zero attached hydrogens (tertiary/aromatic N) is 1. The number of halogens is 1. The van der Waals surface area contributed by atoms with Crippen molar-refractivity contribution in [1.29, 1.82) is 0 Å². The molecule has 1 N–H and O–H groups in total. The Morgan fingerprint density at radius 2 is 2.16 bits per heavy atom. The summed E-state index contributed by atoms with van der Waals surface area (Å²) >= 11 is 0. The molecule has 1 aromatic carbocycles. The SMILES string of the molecule is CCNCc1ccc(-c2ncccc2OC)cc1F. The standard InChI is InChI=1S/C15H17FN2O/c1-3-17-10-12-7-6-11(9-13(12)16)15-14(19-2)5-4-8-18-15/h4-9,17H,3,10H2,1-2H3. The molecule has 1 aromatic heterocycles. The third kappa shape index (κ3) is 3.09. The van der Waals surface area contributed by atoms with E-state index < -0.39 is 0 Å². The van der Waals surface area contributed by atoms with Gasteiger partial charge in [0, 0.05) is 23.9 Å². The molecule has 0 atom stereocenters. The fraction of sp³-hybridized carbons (Fsp3) is 0.267. The number of nitrogens with one attached hydrogen (secondary N) is 1. The quantitative estimate of drug-likeness (QED) is 0.897. The topological polar surface area (TPSA) is 34.2 Å². The van der Waals surface area contributed by atoms with Gasteiger partial charge in [-0.05, 0) is 24.7 Å². The van der Waals surface area contributed by atoms with Crippen LogP contribution >= 0.6 is 0 Å². The van der Waals surface area contributed by atoms with E-state index in [0.29, 0.717) is 23.6 Å². The molecular formula is C15H17FN2O. The molecule has 4 heteroatoms. The van der Waals surface area contributed by atoms with Gasteiger partial charge in [0.05, 0.1) is 7.11 Å². The Morgan fingerprint density at radius 1 is 1.32 bits per heavy atom. The predicted octanol–water partition coefficient (Wildman–Crippen LogP) is 3.01. The average Bonchev–Trinajstić information content (AvgIpc) is 2.46. The number of hydrogen-bond acceptors (Lipinski definition) is 3. The zero-order valence-corrected chi connectivity index (χ0v) is 11.1. The fourth-order valence-corrected chi connectivity index (χ4v) is 1.87. The Bertz CT molecular complexity index is 558. The summed E-state index contributed by atoms with van der Waals surface area (Å²) in [7, 11) is 1.58. The molecule has 0 aliphatic carbocycles. The summed E-state index contributed by atoms with van der Waals surface area (Å²) in [5, 5.41) is 3.11. The summed E-state index contributed by atoms with van der Waals surface area (Å²) in [4.78, 5) is 4.25. The van der Waals surface area contributed by atoms with Crippen LogP contribution in [0, 0.1) is 5.82 Å². The third-order valence-electron chi connectivity index (χ3n) is 2.88. The van der Waals surface area contributed by atoms with Crippen molar-refractivity contribution >= 4 is 0 Å². The minimum atomic E-state index is -0.230. The van der Waals surface area contributed by atoms with Crippen LogP contribution in [0.2, 0.25) is 0 Å². The van der Waals surface area contributed by atoms with Gasteiger partial charge in [0.2, 0.25) is 0 Å². The van der Waals surface area contributed by atoms with E-state index in [1.165, 1.54) is 6.07 Å². The maximum Gasteiger partial charge on any atom is 0.145 e. The van der Waals surface area contributed by atoms with Crippen LogP contribution in [0.3, 0.4) is 0 Å². The fourth-order valence-electron chi connectivity index (χ4n) is 1.87. The molecule has 2 rings (SSSR count). The number of pyridine rings is 1. The lowest BCUT2D eigenvalue weighted by atomic mass is 10.1. The monoisotopic (exact) mass is 260 g/mol. The zero-order chi connectivity index (χ0) is 13.7. The average molecular weight is 260 g/mol. The van der Waals surface area contributed by atoms with Gasteiger partial charge in [0.25, 0.3) is 0 Å². The van der Waals surface area contributed by atoms with Crippen LogP contribution < -0.4 is 10.1 Å². The molecule has 0 saturated carbocycles. The van der Waals surface area contributed by atoms with Gasteiger partial charge in [-0.25, -0.2) is 4.39 Å². The first kappa shape index (κ1) is 13.5. The molecule has 2 aromatic rings. The number of benzene rings is 1. The van der Waals surface area contributed by atoms with Crippen molar-refractivity contribution in [3.8, 4) is 17.0 Å². The molecular weight excluding hydrogens is 243 g/mol. The Balaban J connectivity index is 2.33. The van der Waals surface area contributed by atoms with E-state index in [-0.39, 0.29) is 5.82 Å². The van der Waals surface area contributed by atoms with Gasteiger partial charge in [0.15, 0.2) is 0 Å². The van der Waals surface area contributed by atoms with Crippen LogP contribution in [-0.2, 0) is 6.54 Å². The molecule has 3 nitrogen and oxygen atoms in total. The van der Waals surface area contributed by atoms with E-state index >= 15 is 0 Å². The molecule has 100 valence electrons. The second kappa shape index (κ2) is 6.29. The highest BCUT2D eigenvalue weighted by molar-refractivity contribution is 5.66. The number of methoxy groups -OCH3 is 1. The van der Waals surface area contributed by atoms with Gasteiger partial charge >= 0.3 is 0 Å². The summed E-state index contributed by atoms with van der Waals surface area (Å²) in [6.07, 6.45) is 1.67. The highest BCUT2D eigenvalue weighted by Gasteiger charge is 2.09. The van der Waals surface area contributed by atoms with E-state index in [9.17, 15) is 4.39 Å². The first-order valence-corrected chi connectivity index (χ1v) is 6.24. The van der Waals surface area contributed by atoms with Crippen LogP contribution in [-0.4, -0.2) is 18.6 Å². The molecule has 1 heterocycles. The van der Waals surface area contributed by atoms with Crippen molar-refractivity contribution in [3.05, 3.63) is 47.9 Å². The predicted molar refractivity (Wildman–Crippen MR) is 73.6 cm³/mol. The van der Waals surface area contributed by atoms with Crippen molar-refractivity contribution in [2.75, 3.05) is 13.7 Å². The molecule has 0 fully saturated rings. The summed E-state index contributed by atoms with van der Waals surface area (Å²) in [6.45, 7) is 3.34. The van der Waals surface area contributed by atoms with E-state index in [1.54, 1.807) is 25.4 Å². The molecule has 0 unspecified atom stereocenters. The first-order chi connectivity index (χ1) is 9.26. The molecule has 0 bridgehead atoms. The minimum absolute atomic E-state index is 0.230. The van der Waals surface area contributed by atoms with Crippen LogP contribution in [0.15, 0.2) is 36.5 Å². The second-order valence-electron chi connectivity index (χ2n) is 4.14. The maximum absolute atomic E-state index is 14.0. The lowest BCUT2D eigenvalue weighted by Crippen LogP contribution is -2.12. The summed E-state index contributed by atoms with van der Waals surface area (Å²) in [6, 6.07) is 8.74. The largest absolute Gasteiger partial charge is 0.494 e. The summed E-state index contributed by atoms with van der Waals surface area (Å²) in [5.41, 5.74) is 2.02. The Kier molecular flexibility index (Phi) is 4.47. The van der Waals surface area contributed by atoms with Crippen molar-refractivity contribution in [2.45, 2.75) is 13.5 Å². The zero-order valence-electron chi connectivity index (χ0n) is 11.1. The van der Waals surface area contributed by atoms with E-state index in [2.05, 4.69) is 10.3 Å². The molecule has 0 spiro atoms. The van der Waals surface area contributed by atoms with Gasteiger partial charge in [-0.1, -0.05) is 19.1 Å². The molecule has 0 radical (unpaired) electrons. The van der Waals surface area contributed by atoms with Crippen molar-refractivity contribution in [1.82, 2.24) is 10.3 Å². The number of ether oxygens (including phenoxy) is 1. The van der Waals surface area contributed by atoms with Gasteiger partial charge in [-0.3, -0.25) is 4.98 Å². The normalized spacial score (nSPS) is 10.5. The Morgan fingerprint density at radius 3 is 2.84 bits per heavy atom. The van der Waals surface area contributed by atoms with Crippen LogP contribution in [0.4, 0.5) is 4.39 Å². The number of hydrogen-bond donors (Lipinski definition) is 1. The van der Waals surface area contributed by atoms with E-state index in [0.717, 1.165) is 12.1 Å². The summed E-state index contributed by atoms with van der Waals surface area (Å²) < 4.78 is 19.2. The van der Waals surface area contributed by atoms with Crippen LogP contribution in [0.1, 0.15) is 12.5 Å². The second-order valence-corrected chi connectivity index (χ2v) is 4.14. The van der Waals surface area contributed by atoms with Crippen molar-refractivity contribution in [3.63, 3.8) is 0 Å². The minimum Gasteiger partial charge on any atom is -0.494 e. The number of aromatic nitrogens is 1. The van der Waals surface area contributed by atoms with Gasteiger partial charge in [-0.2, -0.15) is 0 Å². The maximum atomic E-state index is 14.0. The van der Waals surface area contributed by atoms with Gasteiger partial charge in [0.1, 0.15) is 17.3 Å². The van der Waals surface area contributed by atoms with Crippen molar-refractivity contribution in [2.24, 2.45) is 0 Å². The highest BCUT2D eigenvalue weighted by Crippen LogP contribution is 2.28.